The van der Waals surface area contributed by atoms with Crippen LogP contribution in [0.5, 0.6) is 0 Å². The van der Waals surface area contributed by atoms with Gasteiger partial charge in [-0.05, 0) is 53.2 Å². The molecule has 0 unspecified atom stereocenters. The number of para-hydroxylation sites is 1. The van der Waals surface area contributed by atoms with E-state index in [1.165, 1.54) is 24.3 Å². The summed E-state index contributed by atoms with van der Waals surface area (Å²) in [6.07, 6.45) is 0. The number of aromatic nitrogens is 2. The number of nitrogens with zero attached hydrogens (tertiary/aromatic N) is 2. The first-order chi connectivity index (χ1) is 12.4. The van der Waals surface area contributed by atoms with E-state index < -0.39 is 23.4 Å². The van der Waals surface area contributed by atoms with Crippen LogP contribution in [0.25, 0.3) is 16.9 Å². The van der Waals surface area contributed by atoms with Gasteiger partial charge >= 0.3 is 5.97 Å². The molecule has 0 aliphatic carbocycles. The van der Waals surface area contributed by atoms with Gasteiger partial charge in [-0.25, -0.2) is 22.6 Å². The molecule has 134 valence electrons. The van der Waals surface area contributed by atoms with Crippen LogP contribution >= 0.6 is 15.9 Å². The molecule has 4 nitrogen and oxygen atoms in total. The van der Waals surface area contributed by atoms with Gasteiger partial charge in [0.25, 0.3) is 0 Å². The number of ether oxygens (including phenoxy) is 1. The van der Waals surface area contributed by atoms with Crippen molar-refractivity contribution in [1.82, 2.24) is 9.78 Å². The predicted molar refractivity (Wildman–Crippen MR) is 92.5 cm³/mol. The molecule has 0 bridgehead atoms. The van der Waals surface area contributed by atoms with Gasteiger partial charge < -0.3 is 4.74 Å². The zero-order valence-corrected chi connectivity index (χ0v) is 15.1. The van der Waals surface area contributed by atoms with Gasteiger partial charge in [0.1, 0.15) is 11.5 Å². The van der Waals surface area contributed by atoms with Gasteiger partial charge in [0.2, 0.25) is 0 Å². The number of halogens is 4. The number of hydrogen-bond acceptors (Lipinski definition) is 3. The van der Waals surface area contributed by atoms with Crippen molar-refractivity contribution in [3.8, 4) is 16.9 Å². The lowest BCUT2D eigenvalue weighted by Gasteiger charge is -2.09. The van der Waals surface area contributed by atoms with Crippen LogP contribution in [0.3, 0.4) is 0 Å². The highest BCUT2D eigenvalue weighted by atomic mass is 79.9. The average Bonchev–Trinajstić information content (AvgIpc) is 2.95. The van der Waals surface area contributed by atoms with Crippen LogP contribution in [0, 0.1) is 17.5 Å². The molecule has 0 spiro atoms. The summed E-state index contributed by atoms with van der Waals surface area (Å²) >= 11 is 3.25. The van der Waals surface area contributed by atoms with Crippen LogP contribution in [0.4, 0.5) is 13.2 Å². The molecule has 0 radical (unpaired) electrons. The van der Waals surface area contributed by atoms with Crippen molar-refractivity contribution in [2.24, 2.45) is 0 Å². The van der Waals surface area contributed by atoms with Crippen LogP contribution in [-0.2, 0) is 4.74 Å². The highest BCUT2D eigenvalue weighted by molar-refractivity contribution is 9.10. The average molecular weight is 425 g/mol. The van der Waals surface area contributed by atoms with Crippen LogP contribution in [0.15, 0.2) is 46.9 Å². The molecule has 0 fully saturated rings. The van der Waals surface area contributed by atoms with Gasteiger partial charge in [0, 0.05) is 5.56 Å². The highest BCUT2D eigenvalue weighted by Gasteiger charge is 2.25. The summed E-state index contributed by atoms with van der Waals surface area (Å²) in [6.45, 7) is 1.76. The number of carbonyl (C=O) groups excluding carboxylic acids is 1. The minimum Gasteiger partial charge on any atom is -0.461 e. The zero-order valence-electron chi connectivity index (χ0n) is 13.5. The number of carbonyl (C=O) groups is 1. The topological polar surface area (TPSA) is 44.1 Å². The van der Waals surface area contributed by atoms with E-state index in [1.54, 1.807) is 13.0 Å². The van der Waals surface area contributed by atoms with Crippen LogP contribution in [0.1, 0.15) is 17.4 Å². The van der Waals surface area contributed by atoms with E-state index in [-0.39, 0.29) is 33.7 Å². The molecule has 3 rings (SSSR count). The Morgan fingerprint density at radius 1 is 1.12 bits per heavy atom. The fourth-order valence-electron chi connectivity index (χ4n) is 2.42. The summed E-state index contributed by atoms with van der Waals surface area (Å²) in [5.74, 6) is -3.42. The Hall–Kier alpha value is -2.61. The molecule has 0 aliphatic rings. The number of hydrogen-bond donors (Lipinski definition) is 0. The molecule has 26 heavy (non-hydrogen) atoms. The lowest BCUT2D eigenvalue weighted by atomic mass is 10.1. The minimum absolute atomic E-state index is 0.0449. The van der Waals surface area contributed by atoms with E-state index in [0.717, 1.165) is 16.8 Å². The third-order valence-corrected chi connectivity index (χ3v) is 4.32. The fraction of sp³-hybridized carbons (Fsp3) is 0.111. The molecular weight excluding hydrogens is 413 g/mol. The van der Waals surface area contributed by atoms with Gasteiger partial charge in [0.15, 0.2) is 17.3 Å². The van der Waals surface area contributed by atoms with Gasteiger partial charge in [-0.1, -0.05) is 12.1 Å². The van der Waals surface area contributed by atoms with Crippen molar-refractivity contribution in [3.63, 3.8) is 0 Å². The van der Waals surface area contributed by atoms with E-state index in [1.807, 2.05) is 0 Å². The Balaban J connectivity index is 2.28. The molecule has 1 heterocycles. The SMILES string of the molecule is CCOC(=O)c1nn(-c2ccccc2F)c(-c2ccc(F)c(F)c2)c1Br. The molecule has 0 amide bonds. The number of rotatable bonds is 4. The Morgan fingerprint density at radius 3 is 2.50 bits per heavy atom. The third-order valence-electron chi connectivity index (χ3n) is 3.57. The predicted octanol–water partition coefficient (Wildman–Crippen LogP) is 4.90. The maximum Gasteiger partial charge on any atom is 0.360 e. The molecule has 0 N–H and O–H groups in total. The van der Waals surface area contributed by atoms with Crippen molar-refractivity contribution in [2.45, 2.75) is 6.92 Å². The lowest BCUT2D eigenvalue weighted by Crippen LogP contribution is -2.08. The Bertz CT molecular complexity index is 989. The summed E-state index contributed by atoms with van der Waals surface area (Å²) in [4.78, 5) is 12.1. The zero-order chi connectivity index (χ0) is 18.8. The first-order valence-corrected chi connectivity index (χ1v) is 8.39. The van der Waals surface area contributed by atoms with Crippen molar-refractivity contribution >= 4 is 21.9 Å². The second-order valence-corrected chi connectivity index (χ2v) is 6.02. The largest absolute Gasteiger partial charge is 0.461 e. The lowest BCUT2D eigenvalue weighted by molar-refractivity contribution is 0.0518. The first-order valence-electron chi connectivity index (χ1n) is 7.60. The van der Waals surface area contributed by atoms with Gasteiger partial charge in [0.05, 0.1) is 16.8 Å². The number of esters is 1. The summed E-state index contributed by atoms with van der Waals surface area (Å²) in [6, 6.07) is 8.97. The molecule has 1 aromatic heterocycles. The first kappa shape index (κ1) is 18.2. The Labute approximate surface area is 155 Å². The van der Waals surface area contributed by atoms with E-state index >= 15 is 0 Å². The van der Waals surface area contributed by atoms with E-state index in [9.17, 15) is 18.0 Å². The van der Waals surface area contributed by atoms with Crippen molar-refractivity contribution < 1.29 is 22.7 Å². The standard InChI is InChI=1S/C18H12BrF3N2O2/c1-2-26-18(25)16-15(19)17(10-7-8-11(20)13(22)9-10)24(23-16)14-6-4-3-5-12(14)21/h3-9H,2H2,1H3. The number of benzene rings is 2. The van der Waals surface area contributed by atoms with Crippen LogP contribution in [-0.4, -0.2) is 22.4 Å². The third kappa shape index (κ3) is 3.24. The molecule has 0 aliphatic heterocycles. The Morgan fingerprint density at radius 2 is 1.85 bits per heavy atom. The summed E-state index contributed by atoms with van der Waals surface area (Å²) in [7, 11) is 0. The minimum atomic E-state index is -1.08. The van der Waals surface area contributed by atoms with Crippen molar-refractivity contribution in [1.29, 1.82) is 0 Å². The van der Waals surface area contributed by atoms with E-state index in [4.69, 9.17) is 4.74 Å². The molecular formula is C18H12BrF3N2O2. The van der Waals surface area contributed by atoms with Gasteiger partial charge in [-0.15, -0.1) is 0 Å². The van der Waals surface area contributed by atoms with Crippen LogP contribution in [0.2, 0.25) is 0 Å². The van der Waals surface area contributed by atoms with Gasteiger partial charge in [-0.2, -0.15) is 5.10 Å². The molecule has 2 aromatic carbocycles. The normalized spacial score (nSPS) is 10.8. The van der Waals surface area contributed by atoms with Crippen molar-refractivity contribution in [2.75, 3.05) is 6.61 Å². The Kier molecular flexibility index (Phi) is 5.13. The maximum atomic E-state index is 14.3. The maximum absolute atomic E-state index is 14.3. The van der Waals surface area contributed by atoms with Crippen LogP contribution < -0.4 is 0 Å². The summed E-state index contributed by atoms with van der Waals surface area (Å²) in [5, 5.41) is 4.13. The summed E-state index contributed by atoms with van der Waals surface area (Å²) in [5.41, 5.74) is 0.345. The summed E-state index contributed by atoms with van der Waals surface area (Å²) < 4.78 is 47.6. The molecule has 8 heteroatoms. The highest BCUT2D eigenvalue weighted by Crippen LogP contribution is 2.35. The van der Waals surface area contributed by atoms with Gasteiger partial charge in [-0.3, -0.25) is 0 Å². The van der Waals surface area contributed by atoms with E-state index in [2.05, 4.69) is 21.0 Å². The van der Waals surface area contributed by atoms with E-state index in [0.29, 0.717) is 0 Å². The molecule has 3 aromatic rings. The molecule has 0 saturated heterocycles. The second-order valence-electron chi connectivity index (χ2n) is 5.22. The smallest absolute Gasteiger partial charge is 0.360 e. The second kappa shape index (κ2) is 7.33. The monoisotopic (exact) mass is 424 g/mol. The molecule has 0 saturated carbocycles. The quantitative estimate of drug-likeness (QED) is 0.559. The van der Waals surface area contributed by atoms with Crippen molar-refractivity contribution in [3.05, 3.63) is 70.1 Å². The fourth-order valence-corrected chi connectivity index (χ4v) is 3.06. The molecule has 0 atom stereocenters.